The van der Waals surface area contributed by atoms with Crippen molar-refractivity contribution in [1.82, 2.24) is 0 Å². The Balaban J connectivity index is 2.89. The molecule has 0 bridgehead atoms. The van der Waals surface area contributed by atoms with Gasteiger partial charge in [-0.1, -0.05) is 19.1 Å². The molecule has 14 heavy (non-hydrogen) atoms. The maximum atomic E-state index is 9.79. The Morgan fingerprint density at radius 2 is 2.07 bits per heavy atom. The first-order chi connectivity index (χ1) is 6.69. The van der Waals surface area contributed by atoms with Crippen molar-refractivity contribution >= 4 is 5.69 Å². The zero-order valence-corrected chi connectivity index (χ0v) is 9.20. The van der Waals surface area contributed by atoms with E-state index in [0.717, 1.165) is 18.7 Å². The SMILES string of the molecule is CCC(O)N(CC)c1cccc(C)c1. The van der Waals surface area contributed by atoms with E-state index in [9.17, 15) is 5.11 Å². The summed E-state index contributed by atoms with van der Waals surface area (Å²) in [4.78, 5) is 2.01. The van der Waals surface area contributed by atoms with Gasteiger partial charge in [0.05, 0.1) is 0 Å². The molecule has 1 atom stereocenters. The van der Waals surface area contributed by atoms with Gasteiger partial charge in [-0.2, -0.15) is 0 Å². The molecule has 0 saturated carbocycles. The van der Waals surface area contributed by atoms with Crippen LogP contribution in [0.15, 0.2) is 24.3 Å². The third kappa shape index (κ3) is 2.48. The molecule has 0 aliphatic rings. The van der Waals surface area contributed by atoms with Crippen molar-refractivity contribution in [3.05, 3.63) is 29.8 Å². The van der Waals surface area contributed by atoms with Crippen molar-refractivity contribution < 1.29 is 5.11 Å². The minimum atomic E-state index is -0.373. The highest BCUT2D eigenvalue weighted by atomic mass is 16.3. The van der Waals surface area contributed by atoms with Gasteiger partial charge in [0.2, 0.25) is 0 Å². The number of aliphatic hydroxyl groups is 1. The first-order valence-electron chi connectivity index (χ1n) is 5.20. The van der Waals surface area contributed by atoms with Crippen LogP contribution < -0.4 is 4.90 Å². The Bertz CT molecular complexity index is 285. The molecule has 1 aromatic carbocycles. The van der Waals surface area contributed by atoms with Crippen molar-refractivity contribution in [3.63, 3.8) is 0 Å². The number of anilines is 1. The van der Waals surface area contributed by atoms with Gasteiger partial charge in [0.25, 0.3) is 0 Å². The van der Waals surface area contributed by atoms with Gasteiger partial charge in [-0.05, 0) is 38.0 Å². The van der Waals surface area contributed by atoms with Crippen molar-refractivity contribution in [2.24, 2.45) is 0 Å². The number of rotatable bonds is 4. The molecule has 1 rings (SSSR count). The van der Waals surface area contributed by atoms with Gasteiger partial charge in [-0.3, -0.25) is 0 Å². The Kier molecular flexibility index (Phi) is 3.96. The molecule has 78 valence electrons. The second-order valence-electron chi connectivity index (χ2n) is 3.51. The van der Waals surface area contributed by atoms with Crippen LogP contribution in [0.1, 0.15) is 25.8 Å². The fourth-order valence-corrected chi connectivity index (χ4v) is 1.59. The normalized spacial score (nSPS) is 12.6. The average molecular weight is 193 g/mol. The zero-order chi connectivity index (χ0) is 10.6. The standard InChI is InChI=1S/C12H19NO/c1-4-12(14)13(5-2)11-8-6-7-10(3)9-11/h6-9,12,14H,4-5H2,1-3H3. The lowest BCUT2D eigenvalue weighted by molar-refractivity contribution is 0.165. The van der Waals surface area contributed by atoms with Crippen molar-refractivity contribution in [2.75, 3.05) is 11.4 Å². The first kappa shape index (κ1) is 11.1. The summed E-state index contributed by atoms with van der Waals surface area (Å²) in [6.45, 7) is 6.94. The summed E-state index contributed by atoms with van der Waals surface area (Å²) in [5.74, 6) is 0. The molecule has 0 aliphatic carbocycles. The highest BCUT2D eigenvalue weighted by Gasteiger charge is 2.11. The lowest BCUT2D eigenvalue weighted by atomic mass is 10.2. The number of hydrogen-bond acceptors (Lipinski definition) is 2. The number of aliphatic hydroxyl groups excluding tert-OH is 1. The van der Waals surface area contributed by atoms with Crippen LogP contribution in [0.3, 0.4) is 0 Å². The molecule has 1 unspecified atom stereocenters. The van der Waals surface area contributed by atoms with Crippen LogP contribution in [-0.4, -0.2) is 17.9 Å². The fourth-order valence-electron chi connectivity index (χ4n) is 1.59. The highest BCUT2D eigenvalue weighted by molar-refractivity contribution is 5.48. The van der Waals surface area contributed by atoms with Crippen LogP contribution in [0, 0.1) is 6.92 Å². The number of nitrogens with zero attached hydrogens (tertiary/aromatic N) is 1. The monoisotopic (exact) mass is 193 g/mol. The molecule has 2 nitrogen and oxygen atoms in total. The van der Waals surface area contributed by atoms with E-state index in [1.54, 1.807) is 0 Å². The van der Waals surface area contributed by atoms with Crippen LogP contribution in [-0.2, 0) is 0 Å². The van der Waals surface area contributed by atoms with E-state index >= 15 is 0 Å². The lowest BCUT2D eigenvalue weighted by Gasteiger charge is -2.28. The second-order valence-corrected chi connectivity index (χ2v) is 3.51. The lowest BCUT2D eigenvalue weighted by Crippen LogP contribution is -2.34. The average Bonchev–Trinajstić information content (AvgIpc) is 2.19. The number of benzene rings is 1. The Hall–Kier alpha value is -1.02. The summed E-state index contributed by atoms with van der Waals surface area (Å²) < 4.78 is 0. The molecule has 0 radical (unpaired) electrons. The Labute approximate surface area is 86.2 Å². The first-order valence-corrected chi connectivity index (χ1v) is 5.20. The van der Waals surface area contributed by atoms with Crippen molar-refractivity contribution in [1.29, 1.82) is 0 Å². The molecular weight excluding hydrogens is 174 g/mol. The molecule has 1 N–H and O–H groups in total. The summed E-state index contributed by atoms with van der Waals surface area (Å²) in [7, 11) is 0. The Morgan fingerprint density at radius 1 is 1.36 bits per heavy atom. The van der Waals surface area contributed by atoms with Gasteiger partial charge in [0.15, 0.2) is 0 Å². The van der Waals surface area contributed by atoms with Crippen LogP contribution in [0.25, 0.3) is 0 Å². The second kappa shape index (κ2) is 5.01. The summed E-state index contributed by atoms with van der Waals surface area (Å²) >= 11 is 0. The minimum Gasteiger partial charge on any atom is -0.374 e. The summed E-state index contributed by atoms with van der Waals surface area (Å²) in [5.41, 5.74) is 2.33. The molecule has 1 aromatic rings. The van der Waals surface area contributed by atoms with Crippen LogP contribution >= 0.6 is 0 Å². The Morgan fingerprint density at radius 3 is 2.57 bits per heavy atom. The third-order valence-corrected chi connectivity index (χ3v) is 2.40. The molecule has 2 heteroatoms. The van der Waals surface area contributed by atoms with Crippen LogP contribution in [0.4, 0.5) is 5.69 Å². The molecule has 0 aromatic heterocycles. The van der Waals surface area contributed by atoms with Gasteiger partial charge >= 0.3 is 0 Å². The molecular formula is C12H19NO. The highest BCUT2D eigenvalue weighted by Crippen LogP contribution is 2.18. The van der Waals surface area contributed by atoms with E-state index < -0.39 is 0 Å². The smallest absolute Gasteiger partial charge is 0.126 e. The van der Waals surface area contributed by atoms with E-state index in [1.807, 2.05) is 24.0 Å². The minimum absolute atomic E-state index is 0.373. The van der Waals surface area contributed by atoms with Gasteiger partial charge in [0, 0.05) is 12.2 Å². The van der Waals surface area contributed by atoms with Crippen molar-refractivity contribution in [2.45, 2.75) is 33.4 Å². The largest absolute Gasteiger partial charge is 0.374 e. The van der Waals surface area contributed by atoms with Crippen molar-refractivity contribution in [3.8, 4) is 0 Å². The molecule has 0 aliphatic heterocycles. The van der Waals surface area contributed by atoms with E-state index in [4.69, 9.17) is 0 Å². The third-order valence-electron chi connectivity index (χ3n) is 2.40. The quantitative estimate of drug-likeness (QED) is 0.743. The number of hydrogen-bond donors (Lipinski definition) is 1. The predicted molar refractivity (Wildman–Crippen MR) is 60.5 cm³/mol. The molecule has 0 spiro atoms. The number of aryl methyl sites for hydroxylation is 1. The van der Waals surface area contributed by atoms with E-state index in [0.29, 0.717) is 0 Å². The molecule has 0 heterocycles. The topological polar surface area (TPSA) is 23.5 Å². The van der Waals surface area contributed by atoms with Crippen LogP contribution in [0.5, 0.6) is 0 Å². The molecule has 0 fully saturated rings. The van der Waals surface area contributed by atoms with E-state index in [2.05, 4.69) is 26.0 Å². The van der Waals surface area contributed by atoms with E-state index in [-0.39, 0.29) is 6.23 Å². The molecule has 0 saturated heterocycles. The maximum Gasteiger partial charge on any atom is 0.126 e. The predicted octanol–water partition coefficient (Wildman–Crippen LogP) is 2.55. The van der Waals surface area contributed by atoms with Gasteiger partial charge in [0.1, 0.15) is 6.23 Å². The van der Waals surface area contributed by atoms with Crippen LogP contribution in [0.2, 0.25) is 0 Å². The van der Waals surface area contributed by atoms with E-state index in [1.165, 1.54) is 5.56 Å². The molecule has 0 amide bonds. The van der Waals surface area contributed by atoms with Gasteiger partial charge < -0.3 is 10.0 Å². The maximum absolute atomic E-state index is 9.79. The summed E-state index contributed by atoms with van der Waals surface area (Å²) in [6, 6.07) is 8.23. The zero-order valence-electron chi connectivity index (χ0n) is 9.20. The summed E-state index contributed by atoms with van der Waals surface area (Å²) in [5, 5.41) is 9.79. The van der Waals surface area contributed by atoms with Gasteiger partial charge in [-0.15, -0.1) is 0 Å². The fraction of sp³-hybridized carbons (Fsp3) is 0.500. The van der Waals surface area contributed by atoms with Gasteiger partial charge in [-0.25, -0.2) is 0 Å². The summed E-state index contributed by atoms with van der Waals surface area (Å²) in [6.07, 6.45) is 0.378.